The molecule has 1 aromatic rings. The molecule has 3 rings (SSSR count). The Kier molecular flexibility index (Phi) is 1.62. The van der Waals surface area contributed by atoms with Crippen molar-refractivity contribution in [2.45, 2.75) is 4.87 Å². The molecule has 15 heavy (non-hydrogen) atoms. The average Bonchev–Trinajstić information content (AvgIpc) is 2.73. The molecule has 1 fully saturated rings. The maximum absolute atomic E-state index is 11.9. The van der Waals surface area contributed by atoms with Gasteiger partial charge in [-0.3, -0.25) is 9.59 Å². The summed E-state index contributed by atoms with van der Waals surface area (Å²) >= 11 is 1.34. The second-order valence-corrected chi connectivity index (χ2v) is 4.71. The molecular weight excluding hydrogens is 212 g/mol. The fourth-order valence-corrected chi connectivity index (χ4v) is 3.06. The zero-order valence-corrected chi connectivity index (χ0v) is 8.56. The highest BCUT2D eigenvalue weighted by atomic mass is 32.2. The van der Waals surface area contributed by atoms with Crippen LogP contribution in [0.3, 0.4) is 0 Å². The quantitative estimate of drug-likeness (QED) is 0.675. The molecule has 1 saturated heterocycles. The van der Waals surface area contributed by atoms with Crippen LogP contribution in [0, 0.1) is 0 Å². The number of para-hydroxylation sites is 1. The monoisotopic (exact) mass is 220 g/mol. The van der Waals surface area contributed by atoms with Gasteiger partial charge in [0.15, 0.2) is 4.87 Å². The van der Waals surface area contributed by atoms with Gasteiger partial charge in [-0.15, -0.1) is 11.8 Å². The Hall–Kier alpha value is -1.49. The summed E-state index contributed by atoms with van der Waals surface area (Å²) in [5, 5.41) is 5.52. The van der Waals surface area contributed by atoms with Crippen LogP contribution in [-0.2, 0) is 14.5 Å². The van der Waals surface area contributed by atoms with Crippen LogP contribution < -0.4 is 10.6 Å². The van der Waals surface area contributed by atoms with Gasteiger partial charge in [-0.1, -0.05) is 18.2 Å². The number of anilines is 1. The van der Waals surface area contributed by atoms with Crippen LogP contribution >= 0.6 is 11.8 Å². The number of rotatable bonds is 0. The Balaban J connectivity index is 2.17. The van der Waals surface area contributed by atoms with Gasteiger partial charge in [0.1, 0.15) is 0 Å². The summed E-state index contributed by atoms with van der Waals surface area (Å²) in [5.74, 6) is 0.0910. The Morgan fingerprint density at radius 3 is 2.80 bits per heavy atom. The molecule has 2 heterocycles. The van der Waals surface area contributed by atoms with Crippen molar-refractivity contribution in [3.8, 4) is 0 Å². The summed E-state index contributed by atoms with van der Waals surface area (Å²) in [6, 6.07) is 7.43. The first-order valence-corrected chi connectivity index (χ1v) is 5.57. The summed E-state index contributed by atoms with van der Waals surface area (Å²) < 4.78 is 0. The standard InChI is InChI=1S/C10H8N2O2S/c13-8-5-15-10(12-8)6-3-1-2-4-7(6)11-9(10)14/h1-4H,5H2,(H,11,14)(H,12,13). The first-order valence-electron chi connectivity index (χ1n) is 4.58. The predicted molar refractivity (Wildman–Crippen MR) is 57.4 cm³/mol. The predicted octanol–water partition coefficient (Wildman–Crippen LogP) is 0.654. The Morgan fingerprint density at radius 1 is 1.27 bits per heavy atom. The highest BCUT2D eigenvalue weighted by Crippen LogP contribution is 2.46. The van der Waals surface area contributed by atoms with Gasteiger partial charge in [0.05, 0.1) is 5.75 Å². The lowest BCUT2D eigenvalue weighted by Crippen LogP contribution is -2.42. The van der Waals surface area contributed by atoms with E-state index in [9.17, 15) is 9.59 Å². The first-order chi connectivity index (χ1) is 7.22. The van der Waals surface area contributed by atoms with Gasteiger partial charge in [-0.2, -0.15) is 0 Å². The molecule has 0 aliphatic carbocycles. The Morgan fingerprint density at radius 2 is 2.07 bits per heavy atom. The SMILES string of the molecule is O=C1CSC2(N1)C(=O)Nc1ccccc12. The summed E-state index contributed by atoms with van der Waals surface area (Å²) in [7, 11) is 0. The molecule has 2 aliphatic rings. The summed E-state index contributed by atoms with van der Waals surface area (Å²) in [5.41, 5.74) is 1.64. The van der Waals surface area contributed by atoms with E-state index in [1.54, 1.807) is 0 Å². The number of thioether (sulfide) groups is 1. The van der Waals surface area contributed by atoms with Crippen LogP contribution in [0.2, 0.25) is 0 Å². The molecule has 76 valence electrons. The van der Waals surface area contributed by atoms with Gasteiger partial charge >= 0.3 is 0 Å². The van der Waals surface area contributed by atoms with Crippen molar-refractivity contribution in [1.82, 2.24) is 5.32 Å². The van der Waals surface area contributed by atoms with Crippen LogP contribution in [0.5, 0.6) is 0 Å². The Bertz CT molecular complexity index is 474. The van der Waals surface area contributed by atoms with Gasteiger partial charge < -0.3 is 10.6 Å². The molecule has 0 aromatic heterocycles. The third-order valence-electron chi connectivity index (χ3n) is 2.61. The van der Waals surface area contributed by atoms with E-state index in [4.69, 9.17) is 0 Å². The number of amides is 2. The average molecular weight is 220 g/mol. The minimum Gasteiger partial charge on any atom is -0.329 e. The van der Waals surface area contributed by atoms with Crippen molar-refractivity contribution in [1.29, 1.82) is 0 Å². The molecule has 1 aromatic carbocycles. The lowest BCUT2D eigenvalue weighted by molar-refractivity contribution is -0.124. The summed E-state index contributed by atoms with van der Waals surface area (Å²) in [4.78, 5) is 22.2. The summed E-state index contributed by atoms with van der Waals surface area (Å²) in [6.45, 7) is 0. The number of fused-ring (bicyclic) bond motifs is 2. The number of hydrogen-bond donors (Lipinski definition) is 2. The lowest BCUT2D eigenvalue weighted by Gasteiger charge is -2.19. The van der Waals surface area contributed by atoms with Crippen LogP contribution in [0.4, 0.5) is 5.69 Å². The topological polar surface area (TPSA) is 58.2 Å². The zero-order valence-electron chi connectivity index (χ0n) is 7.74. The minimum atomic E-state index is -0.881. The fourth-order valence-electron chi connectivity index (χ4n) is 1.94. The van der Waals surface area contributed by atoms with Gasteiger partial charge in [0, 0.05) is 11.3 Å². The molecular formula is C10H8N2O2S. The van der Waals surface area contributed by atoms with Crippen molar-refractivity contribution >= 4 is 29.3 Å². The summed E-state index contributed by atoms with van der Waals surface area (Å²) in [6.07, 6.45) is 0. The van der Waals surface area contributed by atoms with Crippen molar-refractivity contribution in [2.24, 2.45) is 0 Å². The second-order valence-electron chi connectivity index (χ2n) is 3.52. The molecule has 4 nitrogen and oxygen atoms in total. The van der Waals surface area contributed by atoms with E-state index in [1.807, 2.05) is 24.3 Å². The zero-order chi connectivity index (χ0) is 10.5. The van der Waals surface area contributed by atoms with Gasteiger partial charge in [0.25, 0.3) is 5.91 Å². The van der Waals surface area contributed by atoms with Gasteiger partial charge in [-0.25, -0.2) is 0 Å². The number of carbonyl (C=O) groups excluding carboxylic acids is 2. The smallest absolute Gasteiger partial charge is 0.265 e. The molecule has 0 bridgehead atoms. The van der Waals surface area contributed by atoms with E-state index in [-0.39, 0.29) is 11.8 Å². The second kappa shape index (κ2) is 2.76. The number of hydrogen-bond acceptors (Lipinski definition) is 3. The molecule has 1 atom stereocenters. The highest BCUT2D eigenvalue weighted by molar-refractivity contribution is 8.02. The Labute approximate surface area is 90.4 Å². The molecule has 2 amide bonds. The van der Waals surface area contributed by atoms with E-state index < -0.39 is 4.87 Å². The minimum absolute atomic E-state index is 0.0909. The van der Waals surface area contributed by atoms with Gasteiger partial charge in [0.2, 0.25) is 5.91 Å². The van der Waals surface area contributed by atoms with E-state index in [2.05, 4.69) is 10.6 Å². The maximum Gasteiger partial charge on any atom is 0.265 e. The molecule has 1 spiro atoms. The maximum atomic E-state index is 11.9. The van der Waals surface area contributed by atoms with Crippen molar-refractivity contribution in [3.63, 3.8) is 0 Å². The fraction of sp³-hybridized carbons (Fsp3) is 0.200. The van der Waals surface area contributed by atoms with Crippen LogP contribution in [0.1, 0.15) is 5.56 Å². The van der Waals surface area contributed by atoms with E-state index in [1.165, 1.54) is 11.8 Å². The number of carbonyl (C=O) groups is 2. The highest BCUT2D eigenvalue weighted by Gasteiger charge is 2.52. The van der Waals surface area contributed by atoms with Crippen LogP contribution in [0.15, 0.2) is 24.3 Å². The molecule has 1 unspecified atom stereocenters. The number of nitrogens with one attached hydrogen (secondary N) is 2. The van der Waals surface area contributed by atoms with E-state index in [0.717, 1.165) is 11.3 Å². The molecule has 0 saturated carbocycles. The van der Waals surface area contributed by atoms with Crippen LogP contribution in [-0.4, -0.2) is 17.6 Å². The van der Waals surface area contributed by atoms with Crippen molar-refractivity contribution in [2.75, 3.05) is 11.1 Å². The molecule has 5 heteroatoms. The third-order valence-corrected chi connectivity index (χ3v) is 3.96. The van der Waals surface area contributed by atoms with Crippen molar-refractivity contribution < 1.29 is 9.59 Å². The lowest BCUT2D eigenvalue weighted by atomic mass is 10.1. The largest absolute Gasteiger partial charge is 0.329 e. The van der Waals surface area contributed by atoms with Gasteiger partial charge in [-0.05, 0) is 6.07 Å². The molecule has 0 radical (unpaired) electrons. The van der Waals surface area contributed by atoms with Crippen LogP contribution in [0.25, 0.3) is 0 Å². The van der Waals surface area contributed by atoms with Crippen molar-refractivity contribution in [3.05, 3.63) is 29.8 Å². The molecule has 2 N–H and O–H groups in total. The molecule has 2 aliphatic heterocycles. The first kappa shape index (κ1) is 8.79. The third kappa shape index (κ3) is 1.04. The van der Waals surface area contributed by atoms with E-state index in [0.29, 0.717) is 5.75 Å². The van der Waals surface area contributed by atoms with E-state index >= 15 is 0 Å². The number of benzene rings is 1. The normalized spacial score (nSPS) is 27.7.